The second-order valence-corrected chi connectivity index (χ2v) is 11.1. The van der Waals surface area contributed by atoms with Gasteiger partial charge in [0.2, 0.25) is 0 Å². The van der Waals surface area contributed by atoms with E-state index in [4.69, 9.17) is 14.2 Å². The first-order valence-corrected chi connectivity index (χ1v) is 14.5. The summed E-state index contributed by atoms with van der Waals surface area (Å²) in [5.74, 6) is -0.146. The maximum Gasteiger partial charge on any atom is 0.513 e. The van der Waals surface area contributed by atoms with Crippen molar-refractivity contribution in [3.63, 3.8) is 0 Å². The van der Waals surface area contributed by atoms with E-state index in [0.29, 0.717) is 35.5 Å². The number of anilines is 2. The molecule has 0 aliphatic carbocycles. The maximum absolute atomic E-state index is 13.2. The van der Waals surface area contributed by atoms with Crippen molar-refractivity contribution in [1.82, 2.24) is 5.32 Å². The zero-order valence-electron chi connectivity index (χ0n) is 25.1. The summed E-state index contributed by atoms with van der Waals surface area (Å²) in [6.07, 6.45) is 1.26. The Kier molecular flexibility index (Phi) is 10.6. The molecule has 1 aliphatic heterocycles. The van der Waals surface area contributed by atoms with Crippen LogP contribution in [-0.4, -0.2) is 36.8 Å². The Bertz CT molecular complexity index is 1460. The molecule has 9 heteroatoms. The number of carbonyl (C=O) groups is 3. The number of rotatable bonds is 12. The van der Waals surface area contributed by atoms with Crippen molar-refractivity contribution in [2.75, 3.05) is 23.8 Å². The summed E-state index contributed by atoms with van der Waals surface area (Å²) in [6.45, 7) is 9.00. The molecule has 0 atom stereocenters. The summed E-state index contributed by atoms with van der Waals surface area (Å²) >= 11 is 0. The Morgan fingerprint density at radius 1 is 0.930 bits per heavy atom. The van der Waals surface area contributed by atoms with Gasteiger partial charge in [-0.25, -0.2) is 4.79 Å². The van der Waals surface area contributed by atoms with Crippen molar-refractivity contribution >= 4 is 40.7 Å². The molecule has 1 amide bonds. The molecule has 9 nitrogen and oxygen atoms in total. The molecule has 0 radical (unpaired) electrons. The number of fused-ring (bicyclic) bond motifs is 1. The Balaban J connectivity index is 1.44. The number of hydrogen-bond acceptors (Lipinski definition) is 8. The highest BCUT2D eigenvalue weighted by molar-refractivity contribution is 6.37. The summed E-state index contributed by atoms with van der Waals surface area (Å²) in [5.41, 5.74) is 4.60. The van der Waals surface area contributed by atoms with E-state index in [1.165, 1.54) is 0 Å². The fourth-order valence-electron chi connectivity index (χ4n) is 4.58. The van der Waals surface area contributed by atoms with Crippen molar-refractivity contribution in [2.45, 2.75) is 59.1 Å². The zero-order chi connectivity index (χ0) is 30.8. The third-order valence-corrected chi connectivity index (χ3v) is 6.47. The van der Waals surface area contributed by atoms with Crippen LogP contribution in [0.4, 0.5) is 16.2 Å². The summed E-state index contributed by atoms with van der Waals surface area (Å²) in [5, 5.41) is 9.78. The number of carbonyl (C=O) groups excluding carboxylic acids is 3. The number of amides is 1. The monoisotopic (exact) mass is 585 g/mol. The lowest BCUT2D eigenvalue weighted by atomic mass is 9.99. The van der Waals surface area contributed by atoms with Crippen molar-refractivity contribution in [1.29, 1.82) is 0 Å². The van der Waals surface area contributed by atoms with Crippen molar-refractivity contribution < 1.29 is 28.6 Å². The second kappa shape index (κ2) is 14.5. The first-order valence-electron chi connectivity index (χ1n) is 14.5. The number of unbranched alkanes of at least 4 members (excludes halogenated alkanes) is 1. The molecule has 0 fully saturated rings. The Labute approximate surface area is 252 Å². The maximum atomic E-state index is 13.2. The third-order valence-electron chi connectivity index (χ3n) is 6.47. The number of ether oxygens (including phenoxy) is 3. The molecular weight excluding hydrogens is 546 g/mol. The second-order valence-electron chi connectivity index (χ2n) is 11.1. The molecular formula is C34H39N3O6. The molecule has 3 N–H and O–H groups in total. The van der Waals surface area contributed by atoms with E-state index in [2.05, 4.69) is 16.0 Å². The van der Waals surface area contributed by atoms with E-state index in [1.807, 2.05) is 75.4 Å². The lowest BCUT2D eigenvalue weighted by Gasteiger charge is -2.19. The van der Waals surface area contributed by atoms with Crippen LogP contribution in [0.15, 0.2) is 72.8 Å². The predicted molar refractivity (Wildman–Crippen MR) is 167 cm³/mol. The Morgan fingerprint density at radius 2 is 1.67 bits per heavy atom. The average molecular weight is 586 g/mol. The van der Waals surface area contributed by atoms with Crippen LogP contribution in [0.2, 0.25) is 0 Å². The minimum atomic E-state index is -0.804. The van der Waals surface area contributed by atoms with Gasteiger partial charge >= 0.3 is 12.1 Å². The highest BCUT2D eigenvalue weighted by Crippen LogP contribution is 2.39. The molecule has 226 valence electrons. The molecule has 0 bridgehead atoms. The third kappa shape index (κ3) is 9.18. The minimum Gasteiger partial charge on any atom is -0.460 e. The van der Waals surface area contributed by atoms with E-state index in [0.717, 1.165) is 36.2 Å². The predicted octanol–water partition coefficient (Wildman–Crippen LogP) is 6.76. The van der Waals surface area contributed by atoms with E-state index in [1.54, 1.807) is 25.1 Å². The summed E-state index contributed by atoms with van der Waals surface area (Å²) in [6, 6.07) is 22.6. The van der Waals surface area contributed by atoms with Gasteiger partial charge in [0, 0.05) is 29.9 Å². The van der Waals surface area contributed by atoms with Crippen LogP contribution < -0.4 is 20.7 Å². The van der Waals surface area contributed by atoms with Crippen LogP contribution in [0.25, 0.3) is 11.3 Å². The molecule has 0 unspecified atom stereocenters. The van der Waals surface area contributed by atoms with Gasteiger partial charge in [-0.1, -0.05) is 42.5 Å². The highest BCUT2D eigenvalue weighted by atomic mass is 16.7. The molecule has 0 saturated carbocycles. The number of nitrogens with one attached hydrogen (secondary N) is 3. The minimum absolute atomic E-state index is 0.163. The van der Waals surface area contributed by atoms with Gasteiger partial charge in [-0.15, -0.1) is 0 Å². The van der Waals surface area contributed by atoms with E-state index < -0.39 is 11.8 Å². The van der Waals surface area contributed by atoms with Crippen molar-refractivity contribution in [3.8, 4) is 5.75 Å². The standard InChI is InChI=1S/C34H39N3O6/c1-5-41-33(40)42-26-18-19-28-27(21-26)30(32(39)37-28)31(24-11-7-6-8-12-24)36-25-16-14-23(15-17-25)22-35-20-10-9-13-29(38)43-34(2,3)4/h6-8,11-12,14-19,21,35-36H,5,9-10,13,20,22H2,1-4H3,(H,37,39)/b31-30-. The van der Waals surface area contributed by atoms with E-state index in [9.17, 15) is 14.4 Å². The topological polar surface area (TPSA) is 115 Å². The normalized spacial score (nSPS) is 13.5. The first kappa shape index (κ1) is 31.3. The van der Waals surface area contributed by atoms with Gasteiger partial charge in [-0.05, 0) is 88.5 Å². The van der Waals surface area contributed by atoms with E-state index >= 15 is 0 Å². The lowest BCUT2D eigenvalue weighted by Crippen LogP contribution is -2.23. The smallest absolute Gasteiger partial charge is 0.460 e. The summed E-state index contributed by atoms with van der Waals surface area (Å²) in [7, 11) is 0. The van der Waals surface area contributed by atoms with Crippen LogP contribution in [0, 0.1) is 0 Å². The van der Waals surface area contributed by atoms with Gasteiger partial charge in [-0.2, -0.15) is 0 Å². The average Bonchev–Trinajstić information content (AvgIpc) is 3.28. The Hall–Kier alpha value is -4.63. The number of esters is 1. The van der Waals surface area contributed by atoms with Crippen LogP contribution in [-0.2, 0) is 25.6 Å². The molecule has 3 aromatic carbocycles. The van der Waals surface area contributed by atoms with E-state index in [-0.39, 0.29) is 24.2 Å². The van der Waals surface area contributed by atoms with Gasteiger partial charge in [-0.3, -0.25) is 9.59 Å². The molecule has 0 aromatic heterocycles. The zero-order valence-corrected chi connectivity index (χ0v) is 25.1. The highest BCUT2D eigenvalue weighted by Gasteiger charge is 2.29. The summed E-state index contributed by atoms with van der Waals surface area (Å²) in [4.78, 5) is 37.0. The molecule has 43 heavy (non-hydrogen) atoms. The molecule has 0 saturated heterocycles. The van der Waals surface area contributed by atoms with Gasteiger partial charge in [0.25, 0.3) is 5.91 Å². The SMILES string of the molecule is CCOC(=O)Oc1ccc2c(c1)/C(=C(/Nc1ccc(CNCCCCC(=O)OC(C)(C)C)cc1)c1ccccc1)C(=O)N2. The fraction of sp³-hybridized carbons (Fsp3) is 0.324. The van der Waals surface area contributed by atoms with Crippen LogP contribution in [0.3, 0.4) is 0 Å². The quantitative estimate of drug-likeness (QED) is 0.0925. The van der Waals surface area contributed by atoms with Gasteiger partial charge < -0.3 is 30.2 Å². The van der Waals surface area contributed by atoms with Crippen LogP contribution in [0.1, 0.15) is 63.6 Å². The Morgan fingerprint density at radius 3 is 2.37 bits per heavy atom. The largest absolute Gasteiger partial charge is 0.513 e. The van der Waals surface area contributed by atoms with Crippen molar-refractivity contribution in [3.05, 3.63) is 89.5 Å². The molecule has 4 rings (SSSR count). The fourth-order valence-corrected chi connectivity index (χ4v) is 4.58. The molecule has 1 heterocycles. The lowest BCUT2D eigenvalue weighted by molar-refractivity contribution is -0.154. The molecule has 3 aromatic rings. The van der Waals surface area contributed by atoms with Gasteiger partial charge in [0.1, 0.15) is 11.4 Å². The van der Waals surface area contributed by atoms with Gasteiger partial charge in [0.05, 0.1) is 17.9 Å². The van der Waals surface area contributed by atoms with Gasteiger partial charge in [0.15, 0.2) is 0 Å². The van der Waals surface area contributed by atoms with Crippen molar-refractivity contribution in [2.24, 2.45) is 0 Å². The molecule has 1 aliphatic rings. The number of benzene rings is 3. The van der Waals surface area contributed by atoms with Crippen LogP contribution in [0.5, 0.6) is 5.75 Å². The molecule has 0 spiro atoms. The first-order chi connectivity index (χ1) is 20.6. The van der Waals surface area contributed by atoms with Crippen LogP contribution >= 0.6 is 0 Å². The summed E-state index contributed by atoms with van der Waals surface area (Å²) < 4.78 is 15.5. The number of hydrogen-bond donors (Lipinski definition) is 3.